The van der Waals surface area contributed by atoms with Crippen LogP contribution < -0.4 is 10.6 Å². The molecule has 0 spiro atoms. The summed E-state index contributed by atoms with van der Waals surface area (Å²) in [5.74, 6) is 0.208. The fourth-order valence-electron chi connectivity index (χ4n) is 2.76. The molecule has 6 heteroatoms. The molecule has 4 nitrogen and oxygen atoms in total. The number of rotatable bonds is 4. The Morgan fingerprint density at radius 1 is 1.08 bits per heavy atom. The molecule has 130 valence electrons. The topological polar surface area (TPSA) is 54.0 Å². The molecular formula is C18H23Cl2N3O. The molecule has 2 heterocycles. The summed E-state index contributed by atoms with van der Waals surface area (Å²) in [7, 11) is 0. The molecule has 1 amide bonds. The monoisotopic (exact) mass is 367 g/mol. The van der Waals surface area contributed by atoms with Crippen molar-refractivity contribution in [3.63, 3.8) is 0 Å². The van der Waals surface area contributed by atoms with Crippen LogP contribution in [0.4, 0.5) is 5.69 Å². The van der Waals surface area contributed by atoms with E-state index in [0.717, 1.165) is 38.0 Å². The summed E-state index contributed by atoms with van der Waals surface area (Å²) in [4.78, 5) is 16.2. The number of piperidine rings is 1. The van der Waals surface area contributed by atoms with Crippen molar-refractivity contribution in [1.82, 2.24) is 10.3 Å². The molecule has 1 unspecified atom stereocenters. The molecule has 2 N–H and O–H groups in total. The molecule has 2 aromatic rings. The van der Waals surface area contributed by atoms with E-state index >= 15 is 0 Å². The first kappa shape index (κ1) is 20.4. The number of pyridine rings is 1. The van der Waals surface area contributed by atoms with Gasteiger partial charge in [-0.2, -0.15) is 0 Å². The fraction of sp³-hybridized carbons (Fsp3) is 0.333. The van der Waals surface area contributed by atoms with Crippen LogP contribution in [0.15, 0.2) is 48.8 Å². The molecule has 0 aliphatic carbocycles. The highest BCUT2D eigenvalue weighted by molar-refractivity contribution is 5.92. The largest absolute Gasteiger partial charge is 0.326 e. The van der Waals surface area contributed by atoms with Crippen LogP contribution in [0.5, 0.6) is 0 Å². The Morgan fingerprint density at radius 3 is 2.38 bits per heavy atom. The van der Waals surface area contributed by atoms with Gasteiger partial charge in [0.1, 0.15) is 0 Å². The number of benzene rings is 1. The fourth-order valence-corrected chi connectivity index (χ4v) is 2.76. The van der Waals surface area contributed by atoms with E-state index < -0.39 is 0 Å². The number of hydrogen-bond donors (Lipinski definition) is 2. The maximum Gasteiger partial charge on any atom is 0.228 e. The lowest BCUT2D eigenvalue weighted by Gasteiger charge is -2.21. The van der Waals surface area contributed by atoms with Crippen LogP contribution in [0.2, 0.25) is 0 Å². The van der Waals surface area contributed by atoms with Gasteiger partial charge in [-0.05, 0) is 61.2 Å². The standard InChI is InChI=1S/C18H21N3O.2ClH/c22-18(16-2-1-9-20-13-16)21-17-5-3-14(4-6-17)12-15-7-10-19-11-8-15;;/h3-8,10-11,16,20H,1-2,9,12-13H2,(H,21,22);2*1H. The molecule has 0 radical (unpaired) electrons. The first-order valence-corrected chi connectivity index (χ1v) is 7.81. The Kier molecular flexibility index (Phi) is 8.76. The second-order valence-corrected chi connectivity index (χ2v) is 5.76. The summed E-state index contributed by atoms with van der Waals surface area (Å²) in [6.07, 6.45) is 6.54. The molecule has 1 saturated heterocycles. The van der Waals surface area contributed by atoms with Crippen molar-refractivity contribution >= 4 is 36.4 Å². The Morgan fingerprint density at radius 2 is 1.75 bits per heavy atom. The van der Waals surface area contributed by atoms with Gasteiger partial charge in [0.2, 0.25) is 5.91 Å². The quantitative estimate of drug-likeness (QED) is 0.869. The zero-order valence-corrected chi connectivity index (χ0v) is 15.0. The van der Waals surface area contributed by atoms with Crippen molar-refractivity contribution in [2.75, 3.05) is 18.4 Å². The van der Waals surface area contributed by atoms with Crippen LogP contribution >= 0.6 is 24.8 Å². The summed E-state index contributed by atoms with van der Waals surface area (Å²) in [6, 6.07) is 12.1. The van der Waals surface area contributed by atoms with Crippen LogP contribution in [0.1, 0.15) is 24.0 Å². The van der Waals surface area contributed by atoms with E-state index in [2.05, 4.69) is 27.8 Å². The van der Waals surface area contributed by atoms with Crippen molar-refractivity contribution < 1.29 is 4.79 Å². The van der Waals surface area contributed by atoms with Gasteiger partial charge in [0, 0.05) is 24.6 Å². The van der Waals surface area contributed by atoms with E-state index in [0.29, 0.717) is 0 Å². The number of nitrogens with zero attached hydrogens (tertiary/aromatic N) is 1. The smallest absolute Gasteiger partial charge is 0.228 e. The van der Waals surface area contributed by atoms with Gasteiger partial charge in [-0.1, -0.05) is 12.1 Å². The van der Waals surface area contributed by atoms with Gasteiger partial charge in [0.25, 0.3) is 0 Å². The third-order valence-corrected chi connectivity index (χ3v) is 4.05. The average Bonchev–Trinajstić information content (AvgIpc) is 2.58. The molecule has 1 aliphatic rings. The summed E-state index contributed by atoms with van der Waals surface area (Å²) in [6.45, 7) is 1.81. The number of carbonyl (C=O) groups is 1. The molecule has 1 aromatic carbocycles. The molecule has 1 aliphatic heterocycles. The van der Waals surface area contributed by atoms with Gasteiger partial charge in [0.05, 0.1) is 5.92 Å². The summed E-state index contributed by atoms with van der Waals surface area (Å²) < 4.78 is 0. The van der Waals surface area contributed by atoms with Crippen molar-refractivity contribution in [3.05, 3.63) is 59.9 Å². The van der Waals surface area contributed by atoms with Gasteiger partial charge in [-0.15, -0.1) is 24.8 Å². The Labute approximate surface area is 155 Å². The number of carbonyl (C=O) groups excluding carboxylic acids is 1. The molecule has 1 aromatic heterocycles. The van der Waals surface area contributed by atoms with Gasteiger partial charge in [-0.25, -0.2) is 0 Å². The summed E-state index contributed by atoms with van der Waals surface area (Å²) in [5, 5.41) is 6.29. The third-order valence-electron chi connectivity index (χ3n) is 4.05. The predicted octanol–water partition coefficient (Wildman–Crippen LogP) is 3.45. The zero-order chi connectivity index (χ0) is 15.2. The van der Waals surface area contributed by atoms with Crippen LogP contribution in [0.3, 0.4) is 0 Å². The van der Waals surface area contributed by atoms with Crippen LogP contribution in [0, 0.1) is 5.92 Å². The number of nitrogens with one attached hydrogen (secondary N) is 2. The van der Waals surface area contributed by atoms with E-state index in [1.165, 1.54) is 11.1 Å². The Bertz CT molecular complexity index is 614. The van der Waals surface area contributed by atoms with Crippen molar-refractivity contribution in [2.45, 2.75) is 19.3 Å². The normalized spacial score (nSPS) is 16.4. The molecule has 3 rings (SSSR count). The molecule has 1 fully saturated rings. The van der Waals surface area contributed by atoms with Gasteiger partial charge in [-0.3, -0.25) is 9.78 Å². The highest BCUT2D eigenvalue weighted by Gasteiger charge is 2.20. The summed E-state index contributed by atoms with van der Waals surface area (Å²) >= 11 is 0. The Hall–Kier alpha value is -1.62. The third kappa shape index (κ3) is 5.78. The van der Waals surface area contributed by atoms with E-state index in [1.807, 2.05) is 36.7 Å². The minimum Gasteiger partial charge on any atom is -0.326 e. The maximum atomic E-state index is 12.2. The molecule has 24 heavy (non-hydrogen) atoms. The summed E-state index contributed by atoms with van der Waals surface area (Å²) in [5.41, 5.74) is 3.33. The second kappa shape index (κ2) is 10.3. The van der Waals surface area contributed by atoms with Gasteiger partial charge in [0.15, 0.2) is 0 Å². The number of amides is 1. The van der Waals surface area contributed by atoms with E-state index in [1.54, 1.807) is 0 Å². The number of aromatic nitrogens is 1. The van der Waals surface area contributed by atoms with Crippen molar-refractivity contribution in [1.29, 1.82) is 0 Å². The lowest BCUT2D eigenvalue weighted by molar-refractivity contribution is -0.120. The van der Waals surface area contributed by atoms with Gasteiger partial charge < -0.3 is 10.6 Å². The van der Waals surface area contributed by atoms with Gasteiger partial charge >= 0.3 is 0 Å². The van der Waals surface area contributed by atoms with Crippen LogP contribution in [-0.4, -0.2) is 24.0 Å². The lowest BCUT2D eigenvalue weighted by Crippen LogP contribution is -2.37. The maximum absolute atomic E-state index is 12.2. The lowest BCUT2D eigenvalue weighted by atomic mass is 9.98. The molecule has 0 bridgehead atoms. The highest BCUT2D eigenvalue weighted by atomic mass is 35.5. The Balaban J connectivity index is 0.00000144. The van der Waals surface area contributed by atoms with Crippen molar-refractivity contribution in [3.8, 4) is 0 Å². The molecule has 1 atom stereocenters. The van der Waals surface area contributed by atoms with Crippen LogP contribution in [0.25, 0.3) is 0 Å². The first-order valence-electron chi connectivity index (χ1n) is 7.81. The minimum atomic E-state index is 0. The number of halogens is 2. The minimum absolute atomic E-state index is 0. The predicted molar refractivity (Wildman–Crippen MR) is 102 cm³/mol. The second-order valence-electron chi connectivity index (χ2n) is 5.76. The number of hydrogen-bond acceptors (Lipinski definition) is 3. The van der Waals surface area contributed by atoms with Crippen LogP contribution in [-0.2, 0) is 11.2 Å². The average molecular weight is 368 g/mol. The zero-order valence-electron chi connectivity index (χ0n) is 13.4. The first-order chi connectivity index (χ1) is 10.8. The molecular weight excluding hydrogens is 345 g/mol. The van der Waals surface area contributed by atoms with E-state index in [9.17, 15) is 4.79 Å². The van der Waals surface area contributed by atoms with E-state index in [4.69, 9.17) is 0 Å². The van der Waals surface area contributed by atoms with Crippen molar-refractivity contribution in [2.24, 2.45) is 5.92 Å². The van der Waals surface area contributed by atoms with E-state index in [-0.39, 0.29) is 36.6 Å². The number of anilines is 1. The molecule has 0 saturated carbocycles. The SMILES string of the molecule is Cl.Cl.O=C(Nc1ccc(Cc2ccncc2)cc1)C1CCCNC1. The highest BCUT2D eigenvalue weighted by Crippen LogP contribution is 2.16.